The number of nitrogens with one attached hydrogen (secondary N) is 1. The molecule has 0 spiro atoms. The molecule has 4 nitrogen and oxygen atoms in total. The first-order valence-electron chi connectivity index (χ1n) is 11.0. The molecule has 0 aromatic heterocycles. The molecular formula is C23H35N3O. The molecule has 1 aliphatic carbocycles. The van der Waals surface area contributed by atoms with Gasteiger partial charge in [-0.25, -0.2) is 0 Å². The van der Waals surface area contributed by atoms with Gasteiger partial charge in [-0.3, -0.25) is 14.6 Å². The molecule has 2 aliphatic heterocycles. The Labute approximate surface area is 164 Å². The number of piperidine rings is 2. The molecule has 1 atom stereocenters. The Morgan fingerprint density at radius 2 is 1.63 bits per heavy atom. The Kier molecular flexibility index (Phi) is 5.84. The van der Waals surface area contributed by atoms with Crippen LogP contribution < -0.4 is 5.32 Å². The van der Waals surface area contributed by atoms with Crippen LogP contribution in [0.1, 0.15) is 50.7 Å². The van der Waals surface area contributed by atoms with Crippen molar-refractivity contribution < 1.29 is 4.79 Å². The smallest absolute Gasteiger partial charge is 0.224 e. The van der Waals surface area contributed by atoms with Gasteiger partial charge in [0.25, 0.3) is 0 Å². The number of fused-ring (bicyclic) bond motifs is 1. The monoisotopic (exact) mass is 369 g/mol. The van der Waals surface area contributed by atoms with E-state index in [0.717, 1.165) is 19.4 Å². The molecule has 2 saturated heterocycles. The van der Waals surface area contributed by atoms with Gasteiger partial charge in [0.05, 0.1) is 5.92 Å². The Morgan fingerprint density at radius 1 is 0.963 bits per heavy atom. The normalized spacial score (nSPS) is 25.7. The summed E-state index contributed by atoms with van der Waals surface area (Å²) < 4.78 is 0. The van der Waals surface area contributed by atoms with E-state index in [2.05, 4.69) is 53.2 Å². The molecule has 27 heavy (non-hydrogen) atoms. The molecule has 148 valence electrons. The molecule has 0 saturated carbocycles. The van der Waals surface area contributed by atoms with E-state index in [1.807, 2.05) is 0 Å². The predicted octanol–water partition coefficient (Wildman–Crippen LogP) is 2.85. The molecule has 0 unspecified atom stereocenters. The minimum atomic E-state index is 0.184. The summed E-state index contributed by atoms with van der Waals surface area (Å²) >= 11 is 0. The number of carbonyl (C=O) groups excluding carboxylic acids is 1. The highest BCUT2D eigenvalue weighted by atomic mass is 16.2. The van der Waals surface area contributed by atoms with Gasteiger partial charge >= 0.3 is 0 Å². The molecule has 2 fully saturated rings. The fourth-order valence-corrected chi connectivity index (χ4v) is 5.36. The summed E-state index contributed by atoms with van der Waals surface area (Å²) in [5.41, 5.74) is 3.11. The van der Waals surface area contributed by atoms with Gasteiger partial charge in [0.1, 0.15) is 0 Å². The first kappa shape index (κ1) is 18.9. The molecule has 1 aromatic rings. The van der Waals surface area contributed by atoms with Crippen LogP contribution >= 0.6 is 0 Å². The second-order valence-corrected chi connectivity index (χ2v) is 9.10. The highest BCUT2D eigenvalue weighted by Crippen LogP contribution is 2.29. The van der Waals surface area contributed by atoms with E-state index in [-0.39, 0.29) is 17.9 Å². The second kappa shape index (κ2) is 8.32. The summed E-state index contributed by atoms with van der Waals surface area (Å²) in [5, 5.41) is 3.11. The second-order valence-electron chi connectivity index (χ2n) is 9.10. The average Bonchev–Trinajstić information content (AvgIpc) is 3.12. The molecule has 1 N–H and O–H groups in total. The maximum absolute atomic E-state index is 12.4. The standard InChI is InChI=1S/C23H35N3O/c1-17(2)24-23(27)20-8-5-11-26(16-20)21-9-12-25(13-10-21)22-14-18-6-3-4-7-19(18)15-22/h3-4,6-7,17,20-22H,5,8-16H2,1-2H3,(H,24,27)/t20-/m1/s1. The van der Waals surface area contributed by atoms with Gasteiger partial charge in [-0.1, -0.05) is 24.3 Å². The Morgan fingerprint density at radius 3 is 2.26 bits per heavy atom. The van der Waals surface area contributed by atoms with Crippen molar-refractivity contribution >= 4 is 5.91 Å². The summed E-state index contributed by atoms with van der Waals surface area (Å²) in [4.78, 5) is 17.8. The van der Waals surface area contributed by atoms with Crippen LogP contribution in [0.2, 0.25) is 0 Å². The number of likely N-dealkylation sites (tertiary alicyclic amines) is 2. The Balaban J connectivity index is 1.27. The van der Waals surface area contributed by atoms with Crippen molar-refractivity contribution in [2.75, 3.05) is 26.2 Å². The van der Waals surface area contributed by atoms with E-state index in [9.17, 15) is 4.79 Å². The molecule has 1 aromatic carbocycles. The number of carbonyl (C=O) groups is 1. The van der Waals surface area contributed by atoms with Crippen molar-refractivity contribution in [1.82, 2.24) is 15.1 Å². The van der Waals surface area contributed by atoms with Gasteiger partial charge in [-0.15, -0.1) is 0 Å². The lowest BCUT2D eigenvalue weighted by molar-refractivity contribution is -0.127. The van der Waals surface area contributed by atoms with Gasteiger partial charge in [0, 0.05) is 24.7 Å². The fraction of sp³-hybridized carbons (Fsp3) is 0.696. The minimum Gasteiger partial charge on any atom is -0.354 e. The van der Waals surface area contributed by atoms with E-state index in [1.165, 1.54) is 45.3 Å². The van der Waals surface area contributed by atoms with Crippen LogP contribution in [-0.4, -0.2) is 60.0 Å². The van der Waals surface area contributed by atoms with Crippen molar-refractivity contribution in [1.29, 1.82) is 0 Å². The van der Waals surface area contributed by atoms with Crippen LogP contribution in [0.25, 0.3) is 0 Å². The zero-order chi connectivity index (χ0) is 18.8. The summed E-state index contributed by atoms with van der Waals surface area (Å²) in [6.45, 7) is 8.65. The van der Waals surface area contributed by atoms with Crippen LogP contribution in [0.15, 0.2) is 24.3 Å². The molecule has 1 amide bonds. The summed E-state index contributed by atoms with van der Waals surface area (Å²) in [6, 6.07) is 10.6. The zero-order valence-electron chi connectivity index (χ0n) is 17.0. The zero-order valence-corrected chi connectivity index (χ0v) is 17.0. The van der Waals surface area contributed by atoms with E-state index >= 15 is 0 Å². The van der Waals surface area contributed by atoms with Crippen molar-refractivity contribution in [2.24, 2.45) is 5.92 Å². The van der Waals surface area contributed by atoms with Crippen LogP contribution in [0, 0.1) is 5.92 Å². The van der Waals surface area contributed by atoms with E-state index in [4.69, 9.17) is 0 Å². The van der Waals surface area contributed by atoms with E-state index < -0.39 is 0 Å². The topological polar surface area (TPSA) is 35.6 Å². The van der Waals surface area contributed by atoms with Crippen LogP contribution in [-0.2, 0) is 17.6 Å². The summed E-state index contributed by atoms with van der Waals surface area (Å²) in [6.07, 6.45) is 7.17. The Hall–Kier alpha value is -1.39. The van der Waals surface area contributed by atoms with Crippen molar-refractivity contribution in [3.63, 3.8) is 0 Å². The quantitative estimate of drug-likeness (QED) is 0.886. The number of rotatable bonds is 4. The van der Waals surface area contributed by atoms with Gasteiger partial charge in [-0.05, 0) is 83.1 Å². The molecule has 4 heteroatoms. The molecule has 0 bridgehead atoms. The lowest BCUT2D eigenvalue weighted by Crippen LogP contribution is -2.52. The number of hydrogen-bond acceptors (Lipinski definition) is 3. The summed E-state index contributed by atoms with van der Waals surface area (Å²) in [7, 11) is 0. The first-order valence-corrected chi connectivity index (χ1v) is 11.0. The van der Waals surface area contributed by atoms with Crippen molar-refractivity contribution in [3.05, 3.63) is 35.4 Å². The van der Waals surface area contributed by atoms with E-state index in [0.29, 0.717) is 12.1 Å². The lowest BCUT2D eigenvalue weighted by Gasteiger charge is -2.43. The predicted molar refractivity (Wildman–Crippen MR) is 110 cm³/mol. The number of amides is 1. The molecular weight excluding hydrogens is 334 g/mol. The summed E-state index contributed by atoms with van der Waals surface area (Å²) in [5.74, 6) is 0.444. The third kappa shape index (κ3) is 4.38. The third-order valence-electron chi connectivity index (χ3n) is 6.82. The molecule has 0 radical (unpaired) electrons. The van der Waals surface area contributed by atoms with Gasteiger partial charge in [0.2, 0.25) is 5.91 Å². The van der Waals surface area contributed by atoms with Gasteiger partial charge in [0.15, 0.2) is 0 Å². The van der Waals surface area contributed by atoms with E-state index in [1.54, 1.807) is 11.1 Å². The Bertz CT molecular complexity index is 626. The number of benzene rings is 1. The lowest BCUT2D eigenvalue weighted by atomic mass is 9.92. The van der Waals surface area contributed by atoms with Crippen LogP contribution in [0.4, 0.5) is 0 Å². The number of nitrogens with zero attached hydrogens (tertiary/aromatic N) is 2. The van der Waals surface area contributed by atoms with Gasteiger partial charge < -0.3 is 5.32 Å². The first-order chi connectivity index (χ1) is 13.1. The molecule has 2 heterocycles. The SMILES string of the molecule is CC(C)NC(=O)[C@@H]1CCCN(C2CCN(C3Cc4ccccc4C3)CC2)C1. The third-order valence-corrected chi connectivity index (χ3v) is 6.82. The number of hydrogen-bond donors (Lipinski definition) is 1. The van der Waals surface area contributed by atoms with Crippen molar-refractivity contribution in [2.45, 2.75) is 70.5 Å². The van der Waals surface area contributed by atoms with Crippen LogP contribution in [0.3, 0.4) is 0 Å². The van der Waals surface area contributed by atoms with Gasteiger partial charge in [-0.2, -0.15) is 0 Å². The maximum atomic E-state index is 12.4. The van der Waals surface area contributed by atoms with Crippen molar-refractivity contribution in [3.8, 4) is 0 Å². The maximum Gasteiger partial charge on any atom is 0.224 e. The molecule has 3 aliphatic rings. The minimum absolute atomic E-state index is 0.184. The average molecular weight is 370 g/mol. The molecule has 4 rings (SSSR count). The largest absolute Gasteiger partial charge is 0.354 e. The highest BCUT2D eigenvalue weighted by molar-refractivity contribution is 5.79. The highest BCUT2D eigenvalue weighted by Gasteiger charge is 2.34. The van der Waals surface area contributed by atoms with Crippen LogP contribution in [0.5, 0.6) is 0 Å². The fourth-order valence-electron chi connectivity index (χ4n) is 5.36.